The highest BCUT2D eigenvalue weighted by molar-refractivity contribution is 8.93. The standard InChI is InChI=1S/C8H10.C5H6N2.BrH/c1-7-3-5-8(2)6-4-7;1-2-7-4-3-6-5-7;/h3-6H,1-2H3;2-5H,1H2;1H. The molecule has 0 unspecified atom stereocenters. The van der Waals surface area contributed by atoms with Gasteiger partial charge < -0.3 is 4.57 Å². The molecule has 0 aliphatic heterocycles. The van der Waals surface area contributed by atoms with Crippen molar-refractivity contribution < 1.29 is 0 Å². The Kier molecular flexibility index (Phi) is 7.21. The number of nitrogens with zero attached hydrogens (tertiary/aromatic N) is 2. The summed E-state index contributed by atoms with van der Waals surface area (Å²) < 4.78 is 1.78. The van der Waals surface area contributed by atoms with Gasteiger partial charge in [-0.05, 0) is 13.8 Å². The van der Waals surface area contributed by atoms with E-state index in [4.69, 9.17) is 0 Å². The molecule has 2 rings (SSSR count). The summed E-state index contributed by atoms with van der Waals surface area (Å²) in [4.78, 5) is 3.78. The molecule has 1 aromatic heterocycles. The third-order valence-corrected chi connectivity index (χ3v) is 1.95. The molecule has 16 heavy (non-hydrogen) atoms. The molecule has 1 aromatic carbocycles. The van der Waals surface area contributed by atoms with Crippen LogP contribution >= 0.6 is 17.0 Å². The van der Waals surface area contributed by atoms with Crippen molar-refractivity contribution in [3.05, 3.63) is 60.7 Å². The summed E-state index contributed by atoms with van der Waals surface area (Å²) in [5, 5.41) is 0. The minimum Gasteiger partial charge on any atom is -0.314 e. The minimum atomic E-state index is 0. The molecule has 3 heteroatoms. The van der Waals surface area contributed by atoms with Gasteiger partial charge >= 0.3 is 0 Å². The third-order valence-electron chi connectivity index (χ3n) is 1.95. The molecule has 2 nitrogen and oxygen atoms in total. The van der Waals surface area contributed by atoms with E-state index in [9.17, 15) is 0 Å². The number of halogens is 1. The summed E-state index contributed by atoms with van der Waals surface area (Å²) in [7, 11) is 0. The normalized spacial score (nSPS) is 8.38. The molecule has 1 heterocycles. The van der Waals surface area contributed by atoms with Crippen LogP contribution in [0.5, 0.6) is 0 Å². The van der Waals surface area contributed by atoms with E-state index in [-0.39, 0.29) is 17.0 Å². The molecule has 0 bridgehead atoms. The van der Waals surface area contributed by atoms with Crippen molar-refractivity contribution in [2.24, 2.45) is 0 Å². The molecule has 0 saturated carbocycles. The van der Waals surface area contributed by atoms with Gasteiger partial charge in [-0.15, -0.1) is 17.0 Å². The van der Waals surface area contributed by atoms with E-state index in [0.717, 1.165) is 0 Å². The average Bonchev–Trinajstić information content (AvgIpc) is 2.76. The van der Waals surface area contributed by atoms with E-state index >= 15 is 0 Å². The Morgan fingerprint density at radius 2 is 1.62 bits per heavy atom. The highest BCUT2D eigenvalue weighted by Crippen LogP contribution is 1.99. The Morgan fingerprint density at radius 1 is 1.12 bits per heavy atom. The Morgan fingerprint density at radius 3 is 1.88 bits per heavy atom. The Hall–Kier alpha value is -1.35. The van der Waals surface area contributed by atoms with Crippen molar-refractivity contribution in [3.8, 4) is 0 Å². The lowest BCUT2D eigenvalue weighted by atomic mass is 10.2. The predicted octanol–water partition coefficient (Wildman–Crippen LogP) is 3.86. The molecule has 0 N–H and O–H groups in total. The van der Waals surface area contributed by atoms with E-state index in [0.29, 0.717) is 0 Å². The molecule has 0 atom stereocenters. The fraction of sp³-hybridized carbons (Fsp3) is 0.154. The molecule has 0 aliphatic rings. The van der Waals surface area contributed by atoms with Crippen LogP contribution in [0.25, 0.3) is 6.20 Å². The van der Waals surface area contributed by atoms with Gasteiger partial charge in [0.2, 0.25) is 0 Å². The third kappa shape index (κ3) is 5.51. The van der Waals surface area contributed by atoms with Gasteiger partial charge in [-0.3, -0.25) is 0 Å². The lowest BCUT2D eigenvalue weighted by Crippen LogP contribution is -1.73. The molecule has 0 saturated heterocycles. The van der Waals surface area contributed by atoms with Crippen LogP contribution in [-0.4, -0.2) is 9.55 Å². The van der Waals surface area contributed by atoms with E-state index in [1.165, 1.54) is 11.1 Å². The van der Waals surface area contributed by atoms with Crippen molar-refractivity contribution in [2.75, 3.05) is 0 Å². The van der Waals surface area contributed by atoms with Crippen molar-refractivity contribution in [2.45, 2.75) is 13.8 Å². The van der Waals surface area contributed by atoms with E-state index < -0.39 is 0 Å². The van der Waals surface area contributed by atoms with Crippen molar-refractivity contribution in [1.82, 2.24) is 9.55 Å². The Bertz CT molecular complexity index is 369. The van der Waals surface area contributed by atoms with Gasteiger partial charge in [-0.1, -0.05) is 42.0 Å². The van der Waals surface area contributed by atoms with E-state index in [1.54, 1.807) is 23.3 Å². The summed E-state index contributed by atoms with van der Waals surface area (Å²) in [6, 6.07) is 8.48. The summed E-state index contributed by atoms with van der Waals surface area (Å²) in [5.74, 6) is 0. The summed E-state index contributed by atoms with van der Waals surface area (Å²) in [6.45, 7) is 7.72. The number of benzene rings is 1. The van der Waals surface area contributed by atoms with Crippen molar-refractivity contribution >= 4 is 23.2 Å². The van der Waals surface area contributed by atoms with Crippen LogP contribution in [0.1, 0.15) is 11.1 Å². The SMILES string of the molecule is Br.C=Cn1ccnc1.Cc1ccc(C)cc1. The van der Waals surface area contributed by atoms with Gasteiger partial charge in [0.25, 0.3) is 0 Å². The maximum Gasteiger partial charge on any atom is 0.0986 e. The fourth-order valence-corrected chi connectivity index (χ4v) is 1.01. The number of hydrogen-bond acceptors (Lipinski definition) is 1. The maximum absolute atomic E-state index is 3.78. The second-order valence-electron chi connectivity index (χ2n) is 3.35. The first-order chi connectivity index (χ1) is 7.22. The zero-order valence-electron chi connectivity index (χ0n) is 9.63. The Labute approximate surface area is 107 Å². The molecule has 0 spiro atoms. The van der Waals surface area contributed by atoms with Crippen LogP contribution in [0, 0.1) is 13.8 Å². The molecule has 2 aromatic rings. The van der Waals surface area contributed by atoms with Crippen LogP contribution in [0.4, 0.5) is 0 Å². The predicted molar refractivity (Wildman–Crippen MR) is 74.9 cm³/mol. The molecular weight excluding hydrogens is 264 g/mol. The van der Waals surface area contributed by atoms with Gasteiger partial charge in [0, 0.05) is 18.6 Å². The van der Waals surface area contributed by atoms with Crippen LogP contribution in [0.15, 0.2) is 49.6 Å². The van der Waals surface area contributed by atoms with Gasteiger partial charge in [0.05, 0.1) is 6.33 Å². The van der Waals surface area contributed by atoms with Crippen molar-refractivity contribution in [3.63, 3.8) is 0 Å². The molecule has 0 aliphatic carbocycles. The maximum atomic E-state index is 3.78. The van der Waals surface area contributed by atoms with Crippen LogP contribution in [-0.2, 0) is 0 Å². The first-order valence-corrected chi connectivity index (χ1v) is 4.85. The van der Waals surface area contributed by atoms with Crippen molar-refractivity contribution in [1.29, 1.82) is 0 Å². The van der Waals surface area contributed by atoms with Gasteiger partial charge in [-0.2, -0.15) is 0 Å². The fourth-order valence-electron chi connectivity index (χ4n) is 1.01. The second kappa shape index (κ2) is 7.88. The monoisotopic (exact) mass is 280 g/mol. The Balaban J connectivity index is 0.000000267. The van der Waals surface area contributed by atoms with Gasteiger partial charge in [0.1, 0.15) is 0 Å². The highest BCUT2D eigenvalue weighted by Gasteiger charge is 1.79. The van der Waals surface area contributed by atoms with Crippen LogP contribution in [0.3, 0.4) is 0 Å². The number of imidazole rings is 1. The number of aromatic nitrogens is 2. The number of aryl methyl sites for hydroxylation is 2. The van der Waals surface area contributed by atoms with Crippen LogP contribution < -0.4 is 0 Å². The van der Waals surface area contributed by atoms with E-state index in [2.05, 4.69) is 49.7 Å². The zero-order valence-corrected chi connectivity index (χ0v) is 11.3. The molecule has 0 radical (unpaired) electrons. The lowest BCUT2D eigenvalue weighted by Gasteiger charge is -1.90. The highest BCUT2D eigenvalue weighted by atomic mass is 79.9. The zero-order chi connectivity index (χ0) is 11.1. The molecule has 0 fully saturated rings. The molecule has 0 amide bonds. The second-order valence-corrected chi connectivity index (χ2v) is 3.35. The first-order valence-electron chi connectivity index (χ1n) is 4.85. The topological polar surface area (TPSA) is 17.8 Å². The molecular formula is C13H17BrN2. The molecule has 86 valence electrons. The van der Waals surface area contributed by atoms with Gasteiger partial charge in [0.15, 0.2) is 0 Å². The minimum absolute atomic E-state index is 0. The lowest BCUT2D eigenvalue weighted by molar-refractivity contribution is 1.14. The number of rotatable bonds is 1. The smallest absolute Gasteiger partial charge is 0.0986 e. The number of hydrogen-bond donors (Lipinski definition) is 0. The summed E-state index contributed by atoms with van der Waals surface area (Å²) in [5.41, 5.74) is 2.66. The quantitative estimate of drug-likeness (QED) is 0.776. The average molecular weight is 281 g/mol. The summed E-state index contributed by atoms with van der Waals surface area (Å²) in [6.07, 6.45) is 6.91. The largest absolute Gasteiger partial charge is 0.314 e. The van der Waals surface area contributed by atoms with Crippen LogP contribution in [0.2, 0.25) is 0 Å². The van der Waals surface area contributed by atoms with E-state index in [1.807, 2.05) is 6.20 Å². The van der Waals surface area contributed by atoms with Gasteiger partial charge in [-0.25, -0.2) is 4.98 Å². The summed E-state index contributed by atoms with van der Waals surface area (Å²) >= 11 is 0. The first kappa shape index (κ1) is 14.6.